The van der Waals surface area contributed by atoms with Crippen LogP contribution in [-0.4, -0.2) is 10.9 Å². The number of nitrogens with zero attached hydrogens (tertiary/aromatic N) is 2. The number of rotatable bonds is 5. The molecule has 0 atom stereocenters. The molecule has 0 unspecified atom stereocenters. The molecular formula is C24H17ClN2O2S. The molecule has 0 spiro atoms. The normalized spacial score (nSPS) is 11.2. The van der Waals surface area contributed by atoms with Crippen LogP contribution in [0.4, 0.5) is 5.13 Å². The number of hydrogen-bond acceptors (Lipinski definition) is 4. The van der Waals surface area contributed by atoms with Crippen molar-refractivity contribution in [3.63, 3.8) is 0 Å². The van der Waals surface area contributed by atoms with E-state index in [0.29, 0.717) is 22.5 Å². The molecule has 4 nitrogen and oxygen atoms in total. The summed E-state index contributed by atoms with van der Waals surface area (Å²) >= 11 is 7.58. The molecule has 5 rings (SSSR count). The zero-order chi connectivity index (χ0) is 20.5. The second-order valence-corrected chi connectivity index (χ2v) is 8.43. The van der Waals surface area contributed by atoms with Gasteiger partial charge in [-0.1, -0.05) is 65.4 Å². The first kappa shape index (κ1) is 18.9. The van der Waals surface area contributed by atoms with E-state index in [1.807, 2.05) is 54.6 Å². The number of benzene rings is 3. The number of carbonyl (C=O) groups is 1. The number of carbonyl (C=O) groups excluding carboxylic acids is 1. The Labute approximate surface area is 182 Å². The molecule has 0 fully saturated rings. The molecule has 6 heteroatoms. The smallest absolute Gasteiger partial charge is 0.233 e. The van der Waals surface area contributed by atoms with Gasteiger partial charge in [0.25, 0.3) is 0 Å². The number of thiazole rings is 1. The van der Waals surface area contributed by atoms with Gasteiger partial charge in [-0.2, -0.15) is 0 Å². The maximum Gasteiger partial charge on any atom is 0.233 e. The van der Waals surface area contributed by atoms with Crippen molar-refractivity contribution in [1.82, 2.24) is 4.98 Å². The summed E-state index contributed by atoms with van der Waals surface area (Å²) in [6.45, 7) is 0.324. The molecule has 0 radical (unpaired) electrons. The molecule has 0 saturated heterocycles. The summed E-state index contributed by atoms with van der Waals surface area (Å²) in [7, 11) is 0. The highest BCUT2D eigenvalue weighted by molar-refractivity contribution is 7.22. The van der Waals surface area contributed by atoms with Crippen molar-refractivity contribution in [3.8, 4) is 0 Å². The third kappa shape index (κ3) is 3.70. The van der Waals surface area contributed by atoms with Crippen LogP contribution in [0.1, 0.15) is 11.3 Å². The first-order chi connectivity index (χ1) is 14.7. The quantitative estimate of drug-likeness (QED) is 0.319. The van der Waals surface area contributed by atoms with Crippen molar-refractivity contribution in [1.29, 1.82) is 0 Å². The molecule has 30 heavy (non-hydrogen) atoms. The van der Waals surface area contributed by atoms with Gasteiger partial charge in [-0.05, 0) is 46.7 Å². The predicted molar refractivity (Wildman–Crippen MR) is 122 cm³/mol. The number of aromatic nitrogens is 1. The van der Waals surface area contributed by atoms with E-state index in [1.54, 1.807) is 11.2 Å². The molecule has 1 amide bonds. The molecule has 0 aliphatic carbocycles. The molecular weight excluding hydrogens is 416 g/mol. The van der Waals surface area contributed by atoms with E-state index in [4.69, 9.17) is 16.0 Å². The second-order valence-electron chi connectivity index (χ2n) is 6.98. The van der Waals surface area contributed by atoms with Crippen LogP contribution in [0.15, 0.2) is 83.5 Å². The van der Waals surface area contributed by atoms with Crippen molar-refractivity contribution in [2.24, 2.45) is 0 Å². The minimum Gasteiger partial charge on any atom is -0.467 e. The minimum absolute atomic E-state index is 0.0343. The Bertz CT molecular complexity index is 1340. The van der Waals surface area contributed by atoms with Crippen molar-refractivity contribution in [2.45, 2.75) is 13.0 Å². The van der Waals surface area contributed by atoms with E-state index in [0.717, 1.165) is 26.6 Å². The fraction of sp³-hybridized carbons (Fsp3) is 0.0833. The van der Waals surface area contributed by atoms with E-state index < -0.39 is 0 Å². The molecule has 0 saturated carbocycles. The number of anilines is 1. The minimum atomic E-state index is -0.0343. The monoisotopic (exact) mass is 432 g/mol. The van der Waals surface area contributed by atoms with Crippen LogP contribution in [-0.2, 0) is 17.8 Å². The van der Waals surface area contributed by atoms with Crippen molar-refractivity contribution < 1.29 is 9.21 Å². The van der Waals surface area contributed by atoms with Gasteiger partial charge in [0.15, 0.2) is 5.13 Å². The van der Waals surface area contributed by atoms with E-state index in [-0.39, 0.29) is 12.3 Å². The van der Waals surface area contributed by atoms with E-state index >= 15 is 0 Å². The number of hydrogen-bond donors (Lipinski definition) is 0. The predicted octanol–water partition coefficient (Wildman–Crippen LogP) is 6.47. The van der Waals surface area contributed by atoms with Gasteiger partial charge in [0.1, 0.15) is 5.76 Å². The lowest BCUT2D eigenvalue weighted by Crippen LogP contribution is -2.31. The van der Waals surface area contributed by atoms with Gasteiger partial charge in [-0.15, -0.1) is 0 Å². The summed E-state index contributed by atoms with van der Waals surface area (Å²) in [6.07, 6.45) is 1.89. The summed E-state index contributed by atoms with van der Waals surface area (Å²) in [5.41, 5.74) is 1.81. The average Bonchev–Trinajstić information content (AvgIpc) is 3.41. The molecule has 0 bridgehead atoms. The molecule has 0 aliphatic rings. The Morgan fingerprint density at radius 1 is 1.03 bits per heavy atom. The fourth-order valence-electron chi connectivity index (χ4n) is 3.53. The highest BCUT2D eigenvalue weighted by Crippen LogP contribution is 2.32. The Kier molecular flexibility index (Phi) is 4.99. The number of furan rings is 1. The van der Waals surface area contributed by atoms with Crippen LogP contribution in [0.25, 0.3) is 21.0 Å². The van der Waals surface area contributed by atoms with Crippen molar-refractivity contribution in [3.05, 3.63) is 95.4 Å². The molecule has 2 aromatic heterocycles. The zero-order valence-corrected chi connectivity index (χ0v) is 17.5. The van der Waals surface area contributed by atoms with Gasteiger partial charge in [0.05, 0.1) is 29.4 Å². The van der Waals surface area contributed by atoms with Crippen LogP contribution >= 0.6 is 22.9 Å². The van der Waals surface area contributed by atoms with Crippen LogP contribution in [0.5, 0.6) is 0 Å². The highest BCUT2D eigenvalue weighted by atomic mass is 35.5. The van der Waals surface area contributed by atoms with Crippen LogP contribution in [0.2, 0.25) is 5.02 Å². The third-order valence-electron chi connectivity index (χ3n) is 4.99. The topological polar surface area (TPSA) is 46.3 Å². The average molecular weight is 433 g/mol. The van der Waals surface area contributed by atoms with Gasteiger partial charge in [0, 0.05) is 5.02 Å². The lowest BCUT2D eigenvalue weighted by Gasteiger charge is -2.19. The van der Waals surface area contributed by atoms with Gasteiger partial charge in [0.2, 0.25) is 5.91 Å². The maximum atomic E-state index is 13.5. The van der Waals surface area contributed by atoms with E-state index in [1.165, 1.54) is 11.3 Å². The Morgan fingerprint density at radius 2 is 1.90 bits per heavy atom. The van der Waals surface area contributed by atoms with Crippen LogP contribution in [0, 0.1) is 0 Å². The third-order valence-corrected chi connectivity index (χ3v) is 6.26. The van der Waals surface area contributed by atoms with Gasteiger partial charge in [-0.25, -0.2) is 4.98 Å². The summed E-state index contributed by atoms with van der Waals surface area (Å²) in [5.74, 6) is 0.673. The largest absolute Gasteiger partial charge is 0.467 e. The van der Waals surface area contributed by atoms with E-state index in [9.17, 15) is 4.79 Å². The summed E-state index contributed by atoms with van der Waals surface area (Å²) in [4.78, 5) is 19.8. The highest BCUT2D eigenvalue weighted by Gasteiger charge is 2.22. The SMILES string of the molecule is O=C(Cc1cccc2ccccc12)N(Cc1ccco1)c1nc2ccc(Cl)cc2s1. The molecule has 0 N–H and O–H groups in total. The summed E-state index contributed by atoms with van der Waals surface area (Å²) in [6, 6.07) is 23.4. The van der Waals surface area contributed by atoms with Crippen molar-refractivity contribution >= 4 is 55.0 Å². The Balaban J connectivity index is 1.52. The van der Waals surface area contributed by atoms with Gasteiger partial charge >= 0.3 is 0 Å². The first-order valence-corrected chi connectivity index (χ1v) is 10.7. The summed E-state index contributed by atoms with van der Waals surface area (Å²) < 4.78 is 6.46. The standard InChI is InChI=1S/C24H17ClN2O2S/c25-18-10-11-21-22(14-18)30-24(26-21)27(15-19-8-4-12-29-19)23(28)13-17-7-3-6-16-5-1-2-9-20(16)17/h1-12,14H,13,15H2. The Morgan fingerprint density at radius 3 is 2.77 bits per heavy atom. The second kappa shape index (κ2) is 7.94. The maximum absolute atomic E-state index is 13.5. The van der Waals surface area contributed by atoms with Gasteiger partial charge < -0.3 is 4.42 Å². The first-order valence-electron chi connectivity index (χ1n) is 9.53. The molecule has 2 heterocycles. The number of fused-ring (bicyclic) bond motifs is 2. The molecule has 0 aliphatic heterocycles. The number of halogens is 1. The van der Waals surface area contributed by atoms with Crippen LogP contribution < -0.4 is 4.90 Å². The number of amides is 1. The molecule has 3 aromatic carbocycles. The van der Waals surface area contributed by atoms with Crippen LogP contribution in [0.3, 0.4) is 0 Å². The Hall–Kier alpha value is -3.15. The lowest BCUT2D eigenvalue weighted by atomic mass is 10.0. The zero-order valence-electron chi connectivity index (χ0n) is 15.9. The van der Waals surface area contributed by atoms with E-state index in [2.05, 4.69) is 23.2 Å². The fourth-order valence-corrected chi connectivity index (χ4v) is 4.79. The van der Waals surface area contributed by atoms with Gasteiger partial charge in [-0.3, -0.25) is 9.69 Å². The molecule has 5 aromatic rings. The lowest BCUT2D eigenvalue weighted by molar-refractivity contribution is -0.118. The summed E-state index contributed by atoms with van der Waals surface area (Å²) in [5, 5.41) is 3.49. The molecule has 148 valence electrons. The van der Waals surface area contributed by atoms with Crippen molar-refractivity contribution in [2.75, 3.05) is 4.90 Å².